The zero-order valence-corrected chi connectivity index (χ0v) is 16.8. The third-order valence-electron chi connectivity index (χ3n) is 5.09. The molecule has 6 nitrogen and oxygen atoms in total. The minimum Gasteiger partial charge on any atom is -0.497 e. The van der Waals surface area contributed by atoms with Crippen LogP contribution in [0.5, 0.6) is 5.75 Å². The molecule has 0 radical (unpaired) electrons. The minimum absolute atomic E-state index is 0.157. The van der Waals surface area contributed by atoms with Crippen LogP contribution in [0.15, 0.2) is 30.3 Å². The van der Waals surface area contributed by atoms with Gasteiger partial charge in [0.2, 0.25) is 0 Å². The highest BCUT2D eigenvalue weighted by atomic mass is 16.5. The van der Waals surface area contributed by atoms with E-state index in [1.54, 1.807) is 13.2 Å². The number of amides is 1. The van der Waals surface area contributed by atoms with Crippen molar-refractivity contribution in [2.24, 2.45) is 0 Å². The van der Waals surface area contributed by atoms with Gasteiger partial charge in [0.1, 0.15) is 11.4 Å². The van der Waals surface area contributed by atoms with Crippen LogP contribution < -0.4 is 10.1 Å². The molecular formula is C21H29N3O3. The summed E-state index contributed by atoms with van der Waals surface area (Å²) in [5.41, 5.74) is 1.04. The number of aromatic nitrogens is 1. The first-order valence-corrected chi connectivity index (χ1v) is 9.42. The molecule has 0 spiro atoms. The molecule has 2 aromatic rings. The highest BCUT2D eigenvalue weighted by Gasteiger charge is 2.33. The molecule has 6 heteroatoms. The topological polar surface area (TPSA) is 63.7 Å². The van der Waals surface area contributed by atoms with Crippen LogP contribution in [0.3, 0.4) is 0 Å². The van der Waals surface area contributed by atoms with Gasteiger partial charge in [-0.05, 0) is 52.0 Å². The van der Waals surface area contributed by atoms with Gasteiger partial charge in [-0.1, -0.05) is 6.07 Å². The van der Waals surface area contributed by atoms with Gasteiger partial charge in [0.25, 0.3) is 5.91 Å². The van der Waals surface area contributed by atoms with Crippen molar-refractivity contribution in [3.05, 3.63) is 36.0 Å². The summed E-state index contributed by atoms with van der Waals surface area (Å²) in [7, 11) is 1.63. The first-order valence-electron chi connectivity index (χ1n) is 9.42. The summed E-state index contributed by atoms with van der Waals surface area (Å²) in [6.45, 7) is 10.8. The average molecular weight is 371 g/mol. The van der Waals surface area contributed by atoms with Crippen LogP contribution in [0, 0.1) is 0 Å². The molecule has 2 heterocycles. The molecule has 146 valence electrons. The second kappa shape index (κ2) is 7.82. The third kappa shape index (κ3) is 4.57. The lowest BCUT2D eigenvalue weighted by Crippen LogP contribution is -2.58. The summed E-state index contributed by atoms with van der Waals surface area (Å²) >= 11 is 0. The van der Waals surface area contributed by atoms with E-state index in [-0.39, 0.29) is 23.7 Å². The van der Waals surface area contributed by atoms with E-state index in [9.17, 15) is 4.79 Å². The number of ether oxygens (including phenoxy) is 2. The standard InChI is InChI=1S/C21H29N3O3/c1-14-11-24(12-15(2)27-14)21(3,4)13-22-20(25)19-8-6-16-10-17(26-5)7-9-18(16)23-19/h6-10,14-15H,11-13H2,1-5H3,(H,22,25). The number of fused-ring (bicyclic) bond motifs is 1. The largest absolute Gasteiger partial charge is 0.497 e. The Labute approximate surface area is 160 Å². The number of carbonyl (C=O) groups is 1. The molecule has 0 aliphatic carbocycles. The fourth-order valence-corrected chi connectivity index (χ4v) is 3.53. The summed E-state index contributed by atoms with van der Waals surface area (Å²) in [6.07, 6.45) is 0.394. The number of carbonyl (C=O) groups excluding carboxylic acids is 1. The number of methoxy groups -OCH3 is 1. The van der Waals surface area contributed by atoms with Crippen molar-refractivity contribution >= 4 is 16.8 Å². The van der Waals surface area contributed by atoms with E-state index in [0.717, 1.165) is 29.7 Å². The normalized spacial score (nSPS) is 21.2. The number of nitrogens with one attached hydrogen (secondary N) is 1. The summed E-state index contributed by atoms with van der Waals surface area (Å²) in [4.78, 5) is 19.5. The van der Waals surface area contributed by atoms with Gasteiger partial charge in [0, 0.05) is 30.6 Å². The van der Waals surface area contributed by atoms with Crippen LogP contribution in [0.1, 0.15) is 38.2 Å². The lowest BCUT2D eigenvalue weighted by Gasteiger charge is -2.45. The Hall–Kier alpha value is -2.18. The molecule has 1 aromatic heterocycles. The molecule has 1 amide bonds. The summed E-state index contributed by atoms with van der Waals surface area (Å²) in [5.74, 6) is 0.618. The van der Waals surface area contributed by atoms with Crippen molar-refractivity contribution in [2.75, 3.05) is 26.7 Å². The van der Waals surface area contributed by atoms with Crippen molar-refractivity contribution in [3.8, 4) is 5.75 Å². The van der Waals surface area contributed by atoms with Crippen LogP contribution in [0.2, 0.25) is 0 Å². The Morgan fingerprint density at radius 1 is 1.26 bits per heavy atom. The zero-order valence-electron chi connectivity index (χ0n) is 16.8. The summed E-state index contributed by atoms with van der Waals surface area (Å²) < 4.78 is 11.0. The van der Waals surface area contributed by atoms with Gasteiger partial charge < -0.3 is 14.8 Å². The molecule has 1 saturated heterocycles. The van der Waals surface area contributed by atoms with Gasteiger partial charge in [0.15, 0.2) is 0 Å². The molecule has 2 atom stereocenters. The molecule has 1 aromatic carbocycles. The van der Waals surface area contributed by atoms with Gasteiger partial charge in [-0.15, -0.1) is 0 Å². The molecule has 27 heavy (non-hydrogen) atoms. The SMILES string of the molecule is COc1ccc2nc(C(=O)NCC(C)(C)N3CC(C)OC(C)C3)ccc2c1. The number of benzene rings is 1. The number of hydrogen-bond acceptors (Lipinski definition) is 5. The van der Waals surface area contributed by atoms with E-state index in [1.807, 2.05) is 24.3 Å². The van der Waals surface area contributed by atoms with Gasteiger partial charge in [-0.2, -0.15) is 0 Å². The summed E-state index contributed by atoms with van der Waals surface area (Å²) in [5, 5.41) is 3.99. The third-order valence-corrected chi connectivity index (χ3v) is 5.09. The zero-order chi connectivity index (χ0) is 19.6. The van der Waals surface area contributed by atoms with Crippen molar-refractivity contribution in [1.29, 1.82) is 0 Å². The van der Waals surface area contributed by atoms with Crippen LogP contribution >= 0.6 is 0 Å². The predicted molar refractivity (Wildman–Crippen MR) is 106 cm³/mol. The highest BCUT2D eigenvalue weighted by Crippen LogP contribution is 2.22. The lowest BCUT2D eigenvalue weighted by molar-refractivity contribution is -0.0948. The molecule has 1 aliphatic heterocycles. The molecular weight excluding hydrogens is 342 g/mol. The second-order valence-electron chi connectivity index (χ2n) is 7.91. The molecule has 0 saturated carbocycles. The van der Waals surface area contributed by atoms with Crippen LogP contribution in [0.25, 0.3) is 10.9 Å². The van der Waals surface area contributed by atoms with E-state index >= 15 is 0 Å². The maximum atomic E-state index is 12.6. The number of pyridine rings is 1. The van der Waals surface area contributed by atoms with E-state index in [4.69, 9.17) is 9.47 Å². The number of hydrogen-bond donors (Lipinski definition) is 1. The van der Waals surface area contributed by atoms with Crippen LogP contribution in [0.4, 0.5) is 0 Å². The Balaban J connectivity index is 1.67. The van der Waals surface area contributed by atoms with Crippen molar-refractivity contribution in [3.63, 3.8) is 0 Å². The monoisotopic (exact) mass is 371 g/mol. The molecule has 1 fully saturated rings. The fourth-order valence-electron chi connectivity index (χ4n) is 3.53. The van der Waals surface area contributed by atoms with Crippen molar-refractivity contribution in [2.45, 2.75) is 45.4 Å². The molecule has 2 unspecified atom stereocenters. The van der Waals surface area contributed by atoms with E-state index in [2.05, 4.69) is 42.9 Å². The highest BCUT2D eigenvalue weighted by molar-refractivity contribution is 5.95. The van der Waals surface area contributed by atoms with E-state index in [1.165, 1.54) is 0 Å². The Bertz CT molecular complexity index is 811. The van der Waals surface area contributed by atoms with Crippen molar-refractivity contribution in [1.82, 2.24) is 15.2 Å². The number of nitrogens with zero attached hydrogens (tertiary/aromatic N) is 2. The summed E-state index contributed by atoms with van der Waals surface area (Å²) in [6, 6.07) is 9.28. The quantitative estimate of drug-likeness (QED) is 0.876. The first kappa shape index (κ1) is 19.6. The van der Waals surface area contributed by atoms with Crippen LogP contribution in [-0.2, 0) is 4.74 Å². The lowest BCUT2D eigenvalue weighted by atomic mass is 10.00. The average Bonchev–Trinajstić information content (AvgIpc) is 2.64. The first-order chi connectivity index (χ1) is 12.8. The fraction of sp³-hybridized carbons (Fsp3) is 0.524. The Morgan fingerprint density at radius 3 is 2.63 bits per heavy atom. The van der Waals surface area contributed by atoms with Gasteiger partial charge in [-0.25, -0.2) is 4.98 Å². The van der Waals surface area contributed by atoms with E-state index < -0.39 is 0 Å². The Kier molecular flexibility index (Phi) is 5.67. The van der Waals surface area contributed by atoms with E-state index in [0.29, 0.717) is 12.2 Å². The minimum atomic E-state index is -0.161. The van der Waals surface area contributed by atoms with Gasteiger partial charge in [-0.3, -0.25) is 9.69 Å². The molecule has 1 N–H and O–H groups in total. The Morgan fingerprint density at radius 2 is 1.96 bits per heavy atom. The number of rotatable bonds is 5. The van der Waals surface area contributed by atoms with Gasteiger partial charge >= 0.3 is 0 Å². The second-order valence-corrected chi connectivity index (χ2v) is 7.91. The smallest absolute Gasteiger partial charge is 0.269 e. The predicted octanol–water partition coefficient (Wildman–Crippen LogP) is 2.86. The maximum Gasteiger partial charge on any atom is 0.269 e. The molecule has 0 bridgehead atoms. The number of morpholine rings is 1. The molecule has 1 aliphatic rings. The van der Waals surface area contributed by atoms with Gasteiger partial charge in [0.05, 0.1) is 24.8 Å². The maximum absolute atomic E-state index is 12.6. The van der Waals surface area contributed by atoms with Crippen molar-refractivity contribution < 1.29 is 14.3 Å². The molecule has 3 rings (SSSR count). The van der Waals surface area contributed by atoms with Crippen LogP contribution in [-0.4, -0.2) is 60.3 Å².